The zero-order valence-corrected chi connectivity index (χ0v) is 16.3. The second-order valence-corrected chi connectivity index (χ2v) is 7.98. The minimum atomic E-state index is -0.0348. The molecule has 24 heavy (non-hydrogen) atoms. The van der Waals surface area contributed by atoms with Crippen molar-refractivity contribution >= 4 is 45.2 Å². The highest BCUT2D eigenvalue weighted by atomic mass is 79.9. The zero-order chi connectivity index (χ0) is 17.1. The number of hydrogen-bond donors (Lipinski definition) is 0. The Morgan fingerprint density at radius 3 is 2.92 bits per heavy atom. The Morgan fingerprint density at radius 1 is 1.38 bits per heavy atom. The van der Waals surface area contributed by atoms with Crippen LogP contribution in [0.15, 0.2) is 46.9 Å². The molecule has 1 heterocycles. The van der Waals surface area contributed by atoms with Crippen molar-refractivity contribution in [2.45, 2.75) is 11.8 Å². The van der Waals surface area contributed by atoms with Crippen molar-refractivity contribution < 1.29 is 9.53 Å². The van der Waals surface area contributed by atoms with Gasteiger partial charge in [0.2, 0.25) is 5.91 Å². The van der Waals surface area contributed by atoms with Gasteiger partial charge in [0.05, 0.1) is 13.5 Å². The third kappa shape index (κ3) is 3.73. The minimum absolute atomic E-state index is 0.0348. The molecule has 0 N–H and O–H groups in total. The number of methoxy groups -OCH3 is 1. The van der Waals surface area contributed by atoms with E-state index in [4.69, 9.17) is 16.3 Å². The predicted octanol–water partition coefficient (Wildman–Crippen LogP) is 4.93. The van der Waals surface area contributed by atoms with Gasteiger partial charge in [-0.3, -0.25) is 4.79 Å². The lowest BCUT2D eigenvalue weighted by molar-refractivity contribution is -0.130. The Labute approximate surface area is 159 Å². The maximum absolute atomic E-state index is 12.8. The summed E-state index contributed by atoms with van der Waals surface area (Å²) in [6, 6.07) is 13.4. The fourth-order valence-electron chi connectivity index (χ4n) is 2.79. The van der Waals surface area contributed by atoms with Crippen LogP contribution in [-0.2, 0) is 11.2 Å². The summed E-state index contributed by atoms with van der Waals surface area (Å²) >= 11 is 11.5. The maximum Gasteiger partial charge on any atom is 0.228 e. The van der Waals surface area contributed by atoms with Crippen LogP contribution in [0, 0.1) is 0 Å². The Balaban J connectivity index is 1.84. The van der Waals surface area contributed by atoms with Crippen LogP contribution < -0.4 is 4.74 Å². The van der Waals surface area contributed by atoms with Crippen LogP contribution in [0.3, 0.4) is 0 Å². The first-order valence-electron chi connectivity index (χ1n) is 7.58. The van der Waals surface area contributed by atoms with Gasteiger partial charge in [-0.2, -0.15) is 0 Å². The molecule has 3 rings (SSSR count). The molecule has 2 aromatic carbocycles. The van der Waals surface area contributed by atoms with Gasteiger partial charge in [0.25, 0.3) is 0 Å². The van der Waals surface area contributed by atoms with Crippen molar-refractivity contribution in [2.24, 2.45) is 0 Å². The van der Waals surface area contributed by atoms with Gasteiger partial charge in [-0.05, 0) is 29.8 Å². The third-order valence-electron chi connectivity index (χ3n) is 3.97. The molecule has 0 saturated carbocycles. The van der Waals surface area contributed by atoms with E-state index >= 15 is 0 Å². The molecule has 1 aliphatic heterocycles. The van der Waals surface area contributed by atoms with Gasteiger partial charge in [0.15, 0.2) is 0 Å². The number of carbonyl (C=O) groups excluding carboxylic acids is 1. The van der Waals surface area contributed by atoms with Gasteiger partial charge in [0.1, 0.15) is 11.1 Å². The lowest BCUT2D eigenvalue weighted by Gasteiger charge is -2.26. The molecule has 1 atom stereocenters. The minimum Gasteiger partial charge on any atom is -0.496 e. The highest BCUT2D eigenvalue weighted by molar-refractivity contribution is 9.10. The molecule has 0 aliphatic carbocycles. The van der Waals surface area contributed by atoms with E-state index in [1.807, 2.05) is 47.4 Å². The summed E-state index contributed by atoms with van der Waals surface area (Å²) in [5.74, 6) is 1.79. The van der Waals surface area contributed by atoms with E-state index in [1.165, 1.54) is 0 Å². The van der Waals surface area contributed by atoms with Gasteiger partial charge >= 0.3 is 0 Å². The van der Waals surface area contributed by atoms with Gasteiger partial charge in [-0.1, -0.05) is 45.7 Å². The lowest BCUT2D eigenvalue weighted by Crippen LogP contribution is -2.32. The van der Waals surface area contributed by atoms with Crippen molar-refractivity contribution in [1.82, 2.24) is 4.90 Å². The van der Waals surface area contributed by atoms with Crippen molar-refractivity contribution in [3.8, 4) is 5.75 Å². The zero-order valence-electron chi connectivity index (χ0n) is 13.2. The highest BCUT2D eigenvalue weighted by Gasteiger charge is 2.32. The summed E-state index contributed by atoms with van der Waals surface area (Å²) in [6.07, 6.45) is 0.313. The first-order valence-corrected chi connectivity index (χ1v) is 9.80. The molecule has 1 aliphatic rings. The van der Waals surface area contributed by atoms with E-state index in [9.17, 15) is 4.79 Å². The van der Waals surface area contributed by atoms with Gasteiger partial charge in [-0.25, -0.2) is 0 Å². The number of thioether (sulfide) groups is 1. The number of carbonyl (C=O) groups is 1. The molecule has 0 radical (unpaired) electrons. The van der Waals surface area contributed by atoms with Crippen LogP contribution in [0.25, 0.3) is 0 Å². The average molecular weight is 427 g/mol. The lowest BCUT2D eigenvalue weighted by atomic mass is 10.1. The molecule has 0 bridgehead atoms. The molecular formula is C18H17BrClNO2S. The topological polar surface area (TPSA) is 29.5 Å². The predicted molar refractivity (Wildman–Crippen MR) is 103 cm³/mol. The number of amides is 1. The van der Waals surface area contributed by atoms with Gasteiger partial charge in [0, 0.05) is 27.4 Å². The van der Waals surface area contributed by atoms with Crippen LogP contribution >= 0.6 is 39.3 Å². The summed E-state index contributed by atoms with van der Waals surface area (Å²) in [7, 11) is 1.66. The molecule has 1 amide bonds. The molecular weight excluding hydrogens is 410 g/mol. The molecule has 6 heteroatoms. The fraction of sp³-hybridized carbons (Fsp3) is 0.278. The molecule has 2 aromatic rings. The molecule has 1 fully saturated rings. The molecule has 0 spiro atoms. The Morgan fingerprint density at radius 2 is 2.17 bits per heavy atom. The smallest absolute Gasteiger partial charge is 0.228 e. The van der Waals surface area contributed by atoms with Crippen LogP contribution in [0.4, 0.5) is 0 Å². The Bertz CT molecular complexity index is 756. The standard InChI is InChI=1S/C18H17BrClNO2S/c1-23-16-7-6-13(19)11-14(16)18-21(8-9-24-18)17(22)10-12-4-2-3-5-15(12)20/h2-7,11,18H,8-10H2,1H3. The van der Waals surface area contributed by atoms with Crippen molar-refractivity contribution in [2.75, 3.05) is 19.4 Å². The highest BCUT2D eigenvalue weighted by Crippen LogP contribution is 2.43. The summed E-state index contributed by atoms with van der Waals surface area (Å²) in [6.45, 7) is 0.730. The number of rotatable bonds is 4. The van der Waals surface area contributed by atoms with Crippen molar-refractivity contribution in [1.29, 1.82) is 0 Å². The molecule has 1 saturated heterocycles. The normalized spacial score (nSPS) is 17.1. The SMILES string of the molecule is COc1ccc(Br)cc1C1SCCN1C(=O)Cc1ccccc1Cl. The van der Waals surface area contributed by atoms with Crippen LogP contribution in [0.1, 0.15) is 16.5 Å². The van der Waals surface area contributed by atoms with Gasteiger partial charge < -0.3 is 9.64 Å². The van der Waals surface area contributed by atoms with Crippen molar-refractivity contribution in [3.05, 3.63) is 63.1 Å². The Hall–Kier alpha value is -1.17. The Kier molecular flexibility index (Phi) is 5.74. The van der Waals surface area contributed by atoms with E-state index in [2.05, 4.69) is 15.9 Å². The number of ether oxygens (including phenoxy) is 1. The van der Waals surface area contributed by atoms with Crippen molar-refractivity contribution in [3.63, 3.8) is 0 Å². The molecule has 0 aromatic heterocycles. The van der Waals surface area contributed by atoms with E-state index in [0.717, 1.165) is 33.6 Å². The first kappa shape index (κ1) is 17.6. The maximum atomic E-state index is 12.8. The number of nitrogens with zero attached hydrogens (tertiary/aromatic N) is 1. The number of halogens is 2. The monoisotopic (exact) mass is 425 g/mol. The number of hydrogen-bond acceptors (Lipinski definition) is 3. The summed E-state index contributed by atoms with van der Waals surface area (Å²) in [5, 5.41) is 0.599. The van der Waals surface area contributed by atoms with Crippen LogP contribution in [0.5, 0.6) is 5.75 Å². The fourth-order valence-corrected chi connectivity index (χ4v) is 4.66. The van der Waals surface area contributed by atoms with Gasteiger partial charge in [-0.15, -0.1) is 11.8 Å². The summed E-state index contributed by atoms with van der Waals surface area (Å²) in [5.41, 5.74) is 1.88. The second-order valence-electron chi connectivity index (χ2n) is 5.46. The molecule has 3 nitrogen and oxygen atoms in total. The first-order chi connectivity index (χ1) is 11.6. The van der Waals surface area contributed by atoms with E-state index in [0.29, 0.717) is 11.4 Å². The average Bonchev–Trinajstić information content (AvgIpc) is 3.06. The second kappa shape index (κ2) is 7.81. The van der Waals surface area contributed by atoms with E-state index in [-0.39, 0.29) is 11.3 Å². The summed E-state index contributed by atoms with van der Waals surface area (Å²) < 4.78 is 6.46. The van der Waals surface area contributed by atoms with E-state index < -0.39 is 0 Å². The third-order valence-corrected chi connectivity index (χ3v) is 6.07. The van der Waals surface area contributed by atoms with Crippen LogP contribution in [0.2, 0.25) is 5.02 Å². The summed E-state index contributed by atoms with van der Waals surface area (Å²) in [4.78, 5) is 14.8. The largest absolute Gasteiger partial charge is 0.496 e. The molecule has 1 unspecified atom stereocenters. The molecule has 126 valence electrons. The van der Waals surface area contributed by atoms with E-state index in [1.54, 1.807) is 18.9 Å². The van der Waals surface area contributed by atoms with Crippen LogP contribution in [-0.4, -0.2) is 30.2 Å². The number of benzene rings is 2. The quantitative estimate of drug-likeness (QED) is 0.694.